The van der Waals surface area contributed by atoms with Gasteiger partial charge in [-0.15, -0.1) is 0 Å². The summed E-state index contributed by atoms with van der Waals surface area (Å²) in [5.41, 5.74) is 0.869. The van der Waals surface area contributed by atoms with Crippen molar-refractivity contribution in [3.05, 3.63) is 29.8 Å². The fraction of sp³-hybridized carbons (Fsp3) is 0.385. The summed E-state index contributed by atoms with van der Waals surface area (Å²) in [5, 5.41) is 0. The molecule has 0 spiro atoms. The molecule has 0 unspecified atom stereocenters. The number of methoxy groups -OCH3 is 2. The number of hydrogen-bond acceptors (Lipinski definition) is 7. The van der Waals surface area contributed by atoms with E-state index in [4.69, 9.17) is 4.18 Å². The van der Waals surface area contributed by atoms with Gasteiger partial charge in [0.15, 0.2) is 6.10 Å². The topological polar surface area (TPSA) is 96.0 Å². The maximum atomic E-state index is 12.1. The average Bonchev–Trinajstić information content (AvgIpc) is 2.45. The van der Waals surface area contributed by atoms with E-state index in [0.717, 1.165) is 19.8 Å². The van der Waals surface area contributed by atoms with E-state index in [9.17, 15) is 18.0 Å². The summed E-state index contributed by atoms with van der Waals surface area (Å²) in [5.74, 6) is -1.76. The van der Waals surface area contributed by atoms with E-state index < -0.39 is 34.6 Å². The zero-order valence-corrected chi connectivity index (χ0v) is 12.7. The summed E-state index contributed by atoms with van der Waals surface area (Å²) >= 11 is 0. The number of esters is 2. The average molecular weight is 316 g/mol. The minimum absolute atomic E-state index is 0.119. The number of carbonyl (C=O) groups excluding carboxylic acids is 2. The highest BCUT2D eigenvalue weighted by molar-refractivity contribution is 7.86. The molecule has 1 atom stereocenters. The first-order valence-corrected chi connectivity index (χ1v) is 7.35. The third-order valence-electron chi connectivity index (χ3n) is 2.60. The van der Waals surface area contributed by atoms with Crippen molar-refractivity contribution in [3.63, 3.8) is 0 Å². The normalized spacial score (nSPS) is 12.5. The lowest BCUT2D eigenvalue weighted by Gasteiger charge is -2.14. The van der Waals surface area contributed by atoms with Gasteiger partial charge in [0.25, 0.3) is 10.1 Å². The van der Waals surface area contributed by atoms with Crippen LogP contribution in [0.5, 0.6) is 0 Å². The van der Waals surface area contributed by atoms with E-state index in [-0.39, 0.29) is 4.90 Å². The van der Waals surface area contributed by atoms with E-state index in [2.05, 4.69) is 9.47 Å². The van der Waals surface area contributed by atoms with Gasteiger partial charge in [0.2, 0.25) is 0 Å². The van der Waals surface area contributed by atoms with Crippen molar-refractivity contribution in [3.8, 4) is 0 Å². The molecule has 0 saturated carbocycles. The number of aryl methyl sites for hydroxylation is 1. The molecule has 1 rings (SSSR count). The largest absolute Gasteiger partial charge is 0.469 e. The second-order valence-electron chi connectivity index (χ2n) is 4.16. The van der Waals surface area contributed by atoms with Gasteiger partial charge in [0, 0.05) is 0 Å². The standard InChI is InChI=1S/C13H16O7S/c1-9-4-6-10(7-5-9)21(16,17)20-11(13(15)19-3)8-12(14)18-2/h4-7,11H,8H2,1-3H3/t11-/m0/s1. The summed E-state index contributed by atoms with van der Waals surface area (Å²) in [6.07, 6.45) is -2.15. The van der Waals surface area contributed by atoms with Gasteiger partial charge in [0.05, 0.1) is 25.5 Å². The first-order chi connectivity index (χ1) is 9.80. The number of hydrogen-bond donors (Lipinski definition) is 0. The maximum absolute atomic E-state index is 12.1. The van der Waals surface area contributed by atoms with Crippen LogP contribution in [0.25, 0.3) is 0 Å². The second-order valence-corrected chi connectivity index (χ2v) is 5.73. The Morgan fingerprint density at radius 3 is 2.14 bits per heavy atom. The summed E-state index contributed by atoms with van der Waals surface area (Å²) in [6.45, 7) is 1.80. The minimum atomic E-state index is -4.19. The molecule has 0 aliphatic heterocycles. The van der Waals surface area contributed by atoms with Crippen molar-refractivity contribution in [2.45, 2.75) is 24.3 Å². The summed E-state index contributed by atoms with van der Waals surface area (Å²) < 4.78 is 37.7. The summed E-state index contributed by atoms with van der Waals surface area (Å²) in [7, 11) is -2.01. The minimum Gasteiger partial charge on any atom is -0.469 e. The molecule has 0 N–H and O–H groups in total. The highest BCUT2D eigenvalue weighted by Gasteiger charge is 2.30. The van der Waals surface area contributed by atoms with Gasteiger partial charge in [-0.25, -0.2) is 4.79 Å². The molecule has 0 amide bonds. The third kappa shape index (κ3) is 4.83. The van der Waals surface area contributed by atoms with Gasteiger partial charge < -0.3 is 9.47 Å². The van der Waals surface area contributed by atoms with Gasteiger partial charge >= 0.3 is 11.9 Å². The van der Waals surface area contributed by atoms with Crippen LogP contribution in [0.1, 0.15) is 12.0 Å². The number of rotatable bonds is 6. The number of benzene rings is 1. The van der Waals surface area contributed by atoms with Crippen LogP contribution >= 0.6 is 0 Å². The molecule has 0 aliphatic carbocycles. The van der Waals surface area contributed by atoms with Crippen LogP contribution < -0.4 is 0 Å². The van der Waals surface area contributed by atoms with E-state index in [1.54, 1.807) is 19.1 Å². The van der Waals surface area contributed by atoms with Crippen molar-refractivity contribution >= 4 is 22.1 Å². The Morgan fingerprint density at radius 1 is 1.10 bits per heavy atom. The maximum Gasteiger partial charge on any atom is 0.337 e. The Kier molecular flexibility index (Phi) is 5.86. The van der Waals surface area contributed by atoms with Crippen LogP contribution in [0, 0.1) is 6.92 Å². The van der Waals surface area contributed by atoms with E-state index >= 15 is 0 Å². The molecular weight excluding hydrogens is 300 g/mol. The monoisotopic (exact) mass is 316 g/mol. The third-order valence-corrected chi connectivity index (χ3v) is 3.93. The molecule has 116 valence electrons. The predicted molar refractivity (Wildman–Crippen MR) is 71.9 cm³/mol. The zero-order chi connectivity index (χ0) is 16.0. The second kappa shape index (κ2) is 7.19. The highest BCUT2D eigenvalue weighted by Crippen LogP contribution is 2.17. The molecule has 0 bridgehead atoms. The molecule has 0 aliphatic rings. The molecule has 0 heterocycles. The first-order valence-electron chi connectivity index (χ1n) is 5.94. The molecule has 7 nitrogen and oxygen atoms in total. The van der Waals surface area contributed by atoms with Gasteiger partial charge in [-0.2, -0.15) is 8.42 Å². The smallest absolute Gasteiger partial charge is 0.337 e. The lowest BCUT2D eigenvalue weighted by atomic mass is 10.2. The Hall–Kier alpha value is -1.93. The van der Waals surface area contributed by atoms with Gasteiger partial charge in [-0.1, -0.05) is 17.7 Å². The molecule has 0 radical (unpaired) electrons. The molecule has 21 heavy (non-hydrogen) atoms. The van der Waals surface area contributed by atoms with Gasteiger partial charge in [-0.3, -0.25) is 8.98 Å². The van der Waals surface area contributed by atoms with E-state index in [1.807, 2.05) is 0 Å². The van der Waals surface area contributed by atoms with Crippen LogP contribution in [0.15, 0.2) is 29.2 Å². The molecule has 1 aromatic rings. The van der Waals surface area contributed by atoms with Crippen LogP contribution in [0.4, 0.5) is 0 Å². The van der Waals surface area contributed by atoms with Crippen LogP contribution in [-0.4, -0.2) is 40.7 Å². The molecule has 8 heteroatoms. The van der Waals surface area contributed by atoms with Crippen molar-refractivity contribution in [2.24, 2.45) is 0 Å². The Morgan fingerprint density at radius 2 is 1.67 bits per heavy atom. The van der Waals surface area contributed by atoms with Crippen LogP contribution in [0.3, 0.4) is 0 Å². The van der Waals surface area contributed by atoms with Crippen molar-refractivity contribution in [1.82, 2.24) is 0 Å². The fourth-order valence-corrected chi connectivity index (χ4v) is 2.47. The Labute approximate surface area is 122 Å². The number of ether oxygens (including phenoxy) is 2. The lowest BCUT2D eigenvalue weighted by molar-refractivity contribution is -0.155. The molecule has 0 saturated heterocycles. The SMILES string of the molecule is COC(=O)C[C@H](OS(=O)(=O)c1ccc(C)cc1)C(=O)OC. The van der Waals surface area contributed by atoms with E-state index in [0.29, 0.717) is 0 Å². The molecular formula is C13H16O7S. The summed E-state index contributed by atoms with van der Waals surface area (Å²) in [6, 6.07) is 5.86. The highest BCUT2D eigenvalue weighted by atomic mass is 32.2. The number of carbonyl (C=O) groups is 2. The fourth-order valence-electron chi connectivity index (χ4n) is 1.44. The Balaban J connectivity index is 2.98. The molecule has 0 aromatic heterocycles. The summed E-state index contributed by atoms with van der Waals surface area (Å²) in [4.78, 5) is 22.6. The molecule has 1 aromatic carbocycles. The quantitative estimate of drug-likeness (QED) is 0.566. The Bertz CT molecular complexity index is 604. The van der Waals surface area contributed by atoms with Crippen molar-refractivity contribution in [2.75, 3.05) is 14.2 Å². The van der Waals surface area contributed by atoms with Gasteiger partial charge in [-0.05, 0) is 19.1 Å². The first kappa shape index (κ1) is 17.1. The van der Waals surface area contributed by atoms with Crippen LogP contribution in [0.2, 0.25) is 0 Å². The van der Waals surface area contributed by atoms with Crippen molar-refractivity contribution < 1.29 is 31.7 Å². The van der Waals surface area contributed by atoms with E-state index in [1.165, 1.54) is 12.1 Å². The zero-order valence-electron chi connectivity index (χ0n) is 11.9. The lowest BCUT2D eigenvalue weighted by Crippen LogP contribution is -2.31. The molecule has 0 fully saturated rings. The predicted octanol–water partition coefficient (Wildman–Crippen LogP) is 0.805. The van der Waals surface area contributed by atoms with Crippen molar-refractivity contribution in [1.29, 1.82) is 0 Å². The van der Waals surface area contributed by atoms with Gasteiger partial charge in [0.1, 0.15) is 0 Å². The van der Waals surface area contributed by atoms with Crippen LogP contribution in [-0.2, 0) is 33.4 Å².